The highest BCUT2D eigenvalue weighted by molar-refractivity contribution is 6.07. The van der Waals surface area contributed by atoms with Crippen molar-refractivity contribution in [2.45, 2.75) is 413 Å². The Morgan fingerprint density at radius 1 is 0.206 bits per heavy atom. The number of H-pyrrole nitrogens is 2. The number of unbranched alkanes of at least 4 members (excludes halogenated alkanes) is 52. The third kappa shape index (κ3) is 39.3. The summed E-state index contributed by atoms with van der Waals surface area (Å²) >= 11 is 0. The minimum atomic E-state index is 0.356. The van der Waals surface area contributed by atoms with E-state index in [4.69, 9.17) is 67.8 Å². The lowest BCUT2D eigenvalue weighted by atomic mass is 9.91. The molecule has 2 N–H and O–H groups in total. The first-order valence-electron chi connectivity index (χ1n) is 52.4. The van der Waals surface area contributed by atoms with Gasteiger partial charge < -0.3 is 47.9 Å². The largest absolute Gasteiger partial charge is 0.491 e. The number of nitrogens with one attached hydrogen (secondary N) is 2. The van der Waals surface area contributed by atoms with Gasteiger partial charge in [-0.3, -0.25) is 0 Å². The molecule has 702 valence electrons. The number of hydrogen-bond acceptors (Lipinski definition) is 14. The molecule has 0 radical (unpaired) electrons. The molecule has 5 heterocycles. The summed E-state index contributed by atoms with van der Waals surface area (Å²) in [6.45, 7) is 14.8. The van der Waals surface area contributed by atoms with Gasteiger partial charge in [-0.1, -0.05) is 362 Å². The number of aromatic amines is 2. The fraction of sp³-hybridized carbons (Fsp3) is 0.709. The van der Waals surface area contributed by atoms with Gasteiger partial charge in [-0.2, -0.15) is 0 Å². The molecule has 2 aliphatic rings. The summed E-state index contributed by atoms with van der Waals surface area (Å²) in [5, 5.41) is 3.82. The van der Waals surface area contributed by atoms with Crippen molar-refractivity contribution in [2.24, 2.45) is 0 Å². The zero-order valence-electron chi connectivity index (χ0n) is 80.6. The van der Waals surface area contributed by atoms with E-state index in [1.807, 2.05) is 12.1 Å². The molecule has 0 fully saturated rings. The average Bonchev–Trinajstić information content (AvgIpc) is 1.59. The van der Waals surface area contributed by atoms with Crippen LogP contribution in [0.3, 0.4) is 0 Å². The van der Waals surface area contributed by atoms with Gasteiger partial charge in [-0.05, 0) is 134 Å². The second-order valence-electron chi connectivity index (χ2n) is 36.9. The van der Waals surface area contributed by atoms with Crippen LogP contribution in [0.5, 0.6) is 11.5 Å². The zero-order valence-corrected chi connectivity index (χ0v) is 80.6. The monoisotopic (exact) mass is 1740 g/mol. The quantitative estimate of drug-likeness (QED) is 0.0343. The van der Waals surface area contributed by atoms with Gasteiger partial charge >= 0.3 is 0 Å². The maximum Gasteiger partial charge on any atom is 0.164 e. The molecule has 7 aromatic rings. The number of fused-ring (bicyclic) bond motifs is 20. The smallest absolute Gasteiger partial charge is 0.164 e. The first-order valence-corrected chi connectivity index (χ1v) is 52.4. The second kappa shape index (κ2) is 66.0. The third-order valence-corrected chi connectivity index (χ3v) is 26.2. The van der Waals surface area contributed by atoms with Crippen molar-refractivity contribution in [3.63, 3.8) is 0 Å². The normalized spacial score (nSPS) is 12.0. The summed E-state index contributed by atoms with van der Waals surface area (Å²) in [5.74, 6) is 3.75. The number of nitrogens with zero attached hydrogens (tertiary/aromatic N) is 6. The Kier molecular flexibility index (Phi) is 54.2. The zero-order chi connectivity index (χ0) is 88.0. The lowest BCUT2D eigenvalue weighted by Gasteiger charge is -2.13. The van der Waals surface area contributed by atoms with Crippen LogP contribution >= 0.6 is 0 Å². The standard InChI is InChI=1S/C110H174N8O8/c1-7-11-15-19-23-27-31-35-39-43-47-51-55-59-63-89-83-97-99(85-91(89)65-61-57-53-49-45-41-37-33-29-25-21-17-13-9-3)107-115-105(97)114-106-98-84-90(64-60-56-52-48-44-40-36-32-28-24-20-16-12-8-2)92(66-62-58-54-50-46-42-38-34-30-26-22-18-14-10-4)86-100(98)108(116-106)118-110-102-88-94(126-82-80-124-78-76-122-74-72-120-6)68-70-96(102)104(113-110)111-103-95-69-67-93(87-101(95)109(112-103)117-107)125-81-79-123-77-75-121-73-71-119-5/h67-70,83-88H,7-66,71-82H2,1-6H3,(H2,111,112,113,114,115,116,117,118). The number of rotatable bonds is 80. The molecule has 16 heteroatoms. The predicted octanol–water partition coefficient (Wildman–Crippen LogP) is 31.1. The number of methoxy groups -OCH3 is 2. The van der Waals surface area contributed by atoms with Crippen molar-refractivity contribution >= 4 is 44.1 Å². The Bertz CT molecular complexity index is 4190. The second-order valence-corrected chi connectivity index (χ2v) is 36.9. The van der Waals surface area contributed by atoms with Crippen LogP contribution < -0.4 is 9.47 Å². The Balaban J connectivity index is 1.11. The van der Waals surface area contributed by atoms with Crippen LogP contribution in [-0.4, -0.2) is 133 Å². The van der Waals surface area contributed by atoms with Crippen LogP contribution in [0, 0.1) is 0 Å². The molecule has 2 aliphatic heterocycles. The molecule has 0 saturated carbocycles. The molecular weight excluding hydrogens is 1560 g/mol. The molecule has 0 unspecified atom stereocenters. The Morgan fingerprint density at radius 3 is 0.738 bits per heavy atom. The van der Waals surface area contributed by atoms with Gasteiger partial charge in [0, 0.05) is 58.0 Å². The number of ether oxygens (including phenoxy) is 8. The molecule has 126 heavy (non-hydrogen) atoms. The Morgan fingerprint density at radius 2 is 0.437 bits per heavy atom. The number of benzene rings is 4. The van der Waals surface area contributed by atoms with Crippen LogP contribution in [0.2, 0.25) is 0 Å². The number of aromatic nitrogens is 8. The van der Waals surface area contributed by atoms with E-state index < -0.39 is 0 Å². The molecule has 4 aromatic carbocycles. The van der Waals surface area contributed by atoms with Gasteiger partial charge in [0.25, 0.3) is 0 Å². The Labute approximate surface area is 763 Å². The first kappa shape index (κ1) is 103. The molecule has 3 aromatic heterocycles. The summed E-state index contributed by atoms with van der Waals surface area (Å²) in [4.78, 5) is 41.7. The van der Waals surface area contributed by atoms with E-state index in [0.717, 1.165) is 106 Å². The highest BCUT2D eigenvalue weighted by Gasteiger charge is 2.26. The van der Waals surface area contributed by atoms with E-state index in [9.17, 15) is 0 Å². The molecule has 0 spiro atoms. The summed E-state index contributed by atoms with van der Waals surface area (Å²) in [7, 11) is 3.37. The molecule has 0 saturated heterocycles. The van der Waals surface area contributed by atoms with Crippen molar-refractivity contribution in [1.82, 2.24) is 39.9 Å². The van der Waals surface area contributed by atoms with Gasteiger partial charge in [-0.25, -0.2) is 29.9 Å². The van der Waals surface area contributed by atoms with Crippen molar-refractivity contribution < 1.29 is 37.9 Å². The molecule has 0 amide bonds. The molecular formula is C110H174N8O8. The van der Waals surface area contributed by atoms with Crippen LogP contribution in [0.15, 0.2) is 60.7 Å². The Hall–Kier alpha value is -6.40. The van der Waals surface area contributed by atoms with Crippen molar-refractivity contribution in [3.05, 3.63) is 82.9 Å². The molecule has 9 rings (SSSR count). The van der Waals surface area contributed by atoms with Crippen molar-refractivity contribution in [3.8, 4) is 57.1 Å². The van der Waals surface area contributed by atoms with E-state index in [0.29, 0.717) is 125 Å². The maximum atomic E-state index is 6.51. The summed E-state index contributed by atoms with van der Waals surface area (Å²) in [5.41, 5.74) is 12.1. The van der Waals surface area contributed by atoms with Crippen LogP contribution in [0.4, 0.5) is 0 Å². The van der Waals surface area contributed by atoms with E-state index in [-0.39, 0.29) is 0 Å². The van der Waals surface area contributed by atoms with E-state index >= 15 is 0 Å². The van der Waals surface area contributed by atoms with E-state index in [1.54, 1.807) is 14.2 Å². The lowest BCUT2D eigenvalue weighted by Crippen LogP contribution is -2.12. The third-order valence-electron chi connectivity index (χ3n) is 26.2. The van der Waals surface area contributed by atoms with Gasteiger partial charge in [-0.15, -0.1) is 0 Å². The van der Waals surface area contributed by atoms with Crippen LogP contribution in [0.25, 0.3) is 89.7 Å². The topological polar surface area (TPSA) is 183 Å². The lowest BCUT2D eigenvalue weighted by molar-refractivity contribution is 0.0180. The van der Waals surface area contributed by atoms with E-state index in [1.165, 1.54) is 356 Å². The number of aryl methyl sites for hydroxylation is 4. The van der Waals surface area contributed by atoms with Crippen molar-refractivity contribution in [1.29, 1.82) is 0 Å². The SMILES string of the molecule is CCCCCCCCCCCCCCCCc1cc2c(cc1CCCCCCCCCCCCCCCC)-c1nc-2nc2[nH]c(nc3nc(nc4[nH]c(n1)c1cc(CCCCCCCCCCCCCCCC)c(CCCCCCCCCCCCCCCC)cc41)-c1cc(OCCOCCOCCOC)ccc1-3)c1ccc(OCCOCCOCCOC)cc21. The fourth-order valence-corrected chi connectivity index (χ4v) is 18.5. The van der Waals surface area contributed by atoms with Gasteiger partial charge in [0.1, 0.15) is 47.3 Å². The first-order chi connectivity index (χ1) is 62.4. The molecule has 8 bridgehead atoms. The number of hydrogen-bond donors (Lipinski definition) is 2. The maximum absolute atomic E-state index is 6.51. The van der Waals surface area contributed by atoms with Crippen LogP contribution in [0.1, 0.15) is 410 Å². The minimum absolute atomic E-state index is 0.356. The average molecular weight is 1740 g/mol. The summed E-state index contributed by atoms with van der Waals surface area (Å²) < 4.78 is 46.7. The molecule has 0 atom stereocenters. The van der Waals surface area contributed by atoms with Gasteiger partial charge in [0.05, 0.1) is 66.1 Å². The van der Waals surface area contributed by atoms with Gasteiger partial charge in [0.2, 0.25) is 0 Å². The van der Waals surface area contributed by atoms with Crippen LogP contribution in [-0.2, 0) is 54.1 Å². The molecule has 16 nitrogen and oxygen atoms in total. The summed E-state index contributed by atoms with van der Waals surface area (Å²) in [6.07, 6.45) is 79.1. The highest BCUT2D eigenvalue weighted by Crippen LogP contribution is 2.42. The summed E-state index contributed by atoms with van der Waals surface area (Å²) in [6, 6.07) is 22.3. The fourth-order valence-electron chi connectivity index (χ4n) is 18.5. The van der Waals surface area contributed by atoms with Gasteiger partial charge in [0.15, 0.2) is 23.3 Å². The predicted molar refractivity (Wildman–Crippen MR) is 530 cm³/mol. The highest BCUT2D eigenvalue weighted by atomic mass is 16.6. The van der Waals surface area contributed by atoms with Crippen molar-refractivity contribution in [2.75, 3.05) is 93.5 Å². The molecule has 0 aliphatic carbocycles. The van der Waals surface area contributed by atoms with E-state index in [2.05, 4.69) is 86.2 Å². The minimum Gasteiger partial charge on any atom is -0.491 e.